The zero-order chi connectivity index (χ0) is 31.1. The monoisotopic (exact) mass is 657 g/mol. The van der Waals surface area contributed by atoms with E-state index in [-0.39, 0.29) is 28.6 Å². The molecule has 0 aromatic heterocycles. The predicted molar refractivity (Wildman–Crippen MR) is 172 cm³/mol. The molecule has 4 aromatic rings. The Labute approximate surface area is 267 Å². The number of sulfonamides is 1. The lowest BCUT2D eigenvalue weighted by Crippen LogP contribution is -2.53. The van der Waals surface area contributed by atoms with Gasteiger partial charge in [-0.1, -0.05) is 95.0 Å². The van der Waals surface area contributed by atoms with Crippen LogP contribution in [0, 0.1) is 6.92 Å². The molecule has 0 fully saturated rings. The van der Waals surface area contributed by atoms with Gasteiger partial charge in [-0.2, -0.15) is 0 Å². The molecule has 4 aromatic carbocycles. The molecule has 0 bridgehead atoms. The lowest BCUT2D eigenvalue weighted by atomic mass is 10.0. The second-order valence-corrected chi connectivity index (χ2v) is 13.0. The number of aryl methyl sites for hydroxylation is 1. The molecule has 224 valence electrons. The number of carbonyl (C=O) groups excluding carboxylic acids is 2. The summed E-state index contributed by atoms with van der Waals surface area (Å²) in [7, 11) is -2.74. The van der Waals surface area contributed by atoms with Crippen molar-refractivity contribution in [3.05, 3.63) is 129 Å². The summed E-state index contributed by atoms with van der Waals surface area (Å²) < 4.78 is 29.0. The van der Waals surface area contributed by atoms with Gasteiger partial charge in [-0.25, -0.2) is 8.42 Å². The van der Waals surface area contributed by atoms with Gasteiger partial charge in [-0.15, -0.1) is 0 Å². The second-order valence-electron chi connectivity index (χ2n) is 9.89. The summed E-state index contributed by atoms with van der Waals surface area (Å²) in [5.74, 6) is -1.01. The minimum absolute atomic E-state index is 0.00838. The van der Waals surface area contributed by atoms with E-state index >= 15 is 0 Å². The van der Waals surface area contributed by atoms with Crippen molar-refractivity contribution in [2.45, 2.75) is 30.8 Å². The molecule has 0 aliphatic carbocycles. The lowest BCUT2D eigenvalue weighted by molar-refractivity contribution is -0.139. The van der Waals surface area contributed by atoms with Crippen LogP contribution in [-0.4, -0.2) is 44.8 Å². The van der Waals surface area contributed by atoms with Crippen LogP contribution < -0.4 is 9.62 Å². The van der Waals surface area contributed by atoms with Crippen LogP contribution in [0.3, 0.4) is 0 Å². The largest absolute Gasteiger partial charge is 0.357 e. The minimum Gasteiger partial charge on any atom is -0.357 e. The highest BCUT2D eigenvalue weighted by molar-refractivity contribution is 7.92. The molecule has 0 heterocycles. The fraction of sp³-hybridized carbons (Fsp3) is 0.188. The first-order valence-electron chi connectivity index (χ1n) is 13.3. The van der Waals surface area contributed by atoms with Gasteiger partial charge in [-0.3, -0.25) is 13.9 Å². The van der Waals surface area contributed by atoms with E-state index in [1.54, 1.807) is 48.5 Å². The van der Waals surface area contributed by atoms with Gasteiger partial charge in [0.15, 0.2) is 0 Å². The fourth-order valence-corrected chi connectivity index (χ4v) is 6.46. The zero-order valence-electron chi connectivity index (χ0n) is 23.5. The molecule has 43 heavy (non-hydrogen) atoms. The Morgan fingerprint density at radius 1 is 0.814 bits per heavy atom. The number of hydrogen-bond donors (Lipinski definition) is 1. The number of likely N-dealkylation sites (N-methyl/N-ethyl adjacent to an activating group) is 1. The standard InChI is InChI=1S/C32H30Cl3N3O4S/c1-22-11-14-27(15-12-22)43(41,42)38(26-10-6-9-25(33)19-26)21-31(39)37(20-24-13-16-28(34)29(35)17-24)30(32(40)36-2)18-23-7-4-3-5-8-23/h3-17,19,30H,18,20-21H2,1-2H3,(H,36,40)/t30-/m1/s1. The molecule has 0 aliphatic rings. The summed E-state index contributed by atoms with van der Waals surface area (Å²) in [5, 5.41) is 3.58. The third kappa shape index (κ3) is 8.09. The molecule has 1 N–H and O–H groups in total. The van der Waals surface area contributed by atoms with Crippen LogP contribution in [0.15, 0.2) is 102 Å². The molecule has 4 rings (SSSR count). The van der Waals surface area contributed by atoms with Crippen LogP contribution in [0.4, 0.5) is 5.69 Å². The number of rotatable bonds is 11. The lowest BCUT2D eigenvalue weighted by Gasteiger charge is -2.33. The van der Waals surface area contributed by atoms with Gasteiger partial charge in [0.1, 0.15) is 12.6 Å². The Balaban J connectivity index is 1.80. The number of anilines is 1. The summed E-state index contributed by atoms with van der Waals surface area (Å²) in [5.41, 5.74) is 2.52. The van der Waals surface area contributed by atoms with Crippen LogP contribution in [-0.2, 0) is 32.6 Å². The summed E-state index contributed by atoms with van der Waals surface area (Å²) in [6.45, 7) is 1.22. The Hall–Kier alpha value is -3.56. The molecular formula is C32H30Cl3N3O4S. The maximum Gasteiger partial charge on any atom is 0.264 e. The van der Waals surface area contributed by atoms with E-state index in [1.807, 2.05) is 37.3 Å². The first kappa shape index (κ1) is 32.4. The predicted octanol–water partition coefficient (Wildman–Crippen LogP) is 6.54. The highest BCUT2D eigenvalue weighted by atomic mass is 35.5. The van der Waals surface area contributed by atoms with Crippen molar-refractivity contribution < 1.29 is 18.0 Å². The second kappa shape index (κ2) is 14.3. The number of hydrogen-bond acceptors (Lipinski definition) is 4. The minimum atomic E-state index is -4.22. The number of nitrogens with one attached hydrogen (secondary N) is 1. The van der Waals surface area contributed by atoms with Gasteiger partial charge < -0.3 is 10.2 Å². The fourth-order valence-electron chi connectivity index (χ4n) is 4.55. The molecular weight excluding hydrogens is 629 g/mol. The van der Waals surface area contributed by atoms with Crippen molar-refractivity contribution in [1.29, 1.82) is 0 Å². The van der Waals surface area contributed by atoms with E-state index in [1.165, 1.54) is 30.1 Å². The van der Waals surface area contributed by atoms with Gasteiger partial charge in [-0.05, 0) is 60.5 Å². The van der Waals surface area contributed by atoms with E-state index in [0.717, 1.165) is 15.4 Å². The first-order chi connectivity index (χ1) is 20.5. The van der Waals surface area contributed by atoms with Crippen LogP contribution in [0.2, 0.25) is 15.1 Å². The van der Waals surface area contributed by atoms with Crippen LogP contribution >= 0.6 is 34.8 Å². The normalized spacial score (nSPS) is 11.9. The van der Waals surface area contributed by atoms with E-state index < -0.39 is 34.4 Å². The first-order valence-corrected chi connectivity index (χ1v) is 15.9. The summed E-state index contributed by atoms with van der Waals surface area (Å²) in [6, 6.07) is 25.8. The molecule has 0 aliphatic heterocycles. The quantitative estimate of drug-likeness (QED) is 0.198. The molecule has 2 amide bonds. The Kier molecular flexibility index (Phi) is 10.7. The Bertz CT molecular complexity index is 1700. The van der Waals surface area contributed by atoms with Crippen molar-refractivity contribution in [1.82, 2.24) is 10.2 Å². The van der Waals surface area contributed by atoms with Gasteiger partial charge in [0, 0.05) is 25.0 Å². The molecule has 0 saturated carbocycles. The number of benzene rings is 4. The molecule has 0 saturated heterocycles. The van der Waals surface area contributed by atoms with Crippen molar-refractivity contribution in [2.75, 3.05) is 17.9 Å². The topological polar surface area (TPSA) is 86.8 Å². The maximum absolute atomic E-state index is 14.3. The van der Waals surface area contributed by atoms with Crippen molar-refractivity contribution in [3.63, 3.8) is 0 Å². The Morgan fingerprint density at radius 2 is 1.51 bits per heavy atom. The Morgan fingerprint density at radius 3 is 2.14 bits per heavy atom. The van der Waals surface area contributed by atoms with Gasteiger partial charge in [0.05, 0.1) is 20.6 Å². The van der Waals surface area contributed by atoms with Crippen molar-refractivity contribution in [3.8, 4) is 0 Å². The number of halogens is 3. The number of amides is 2. The molecule has 7 nitrogen and oxygen atoms in total. The summed E-state index contributed by atoms with van der Waals surface area (Å²) in [6.07, 6.45) is 0.190. The highest BCUT2D eigenvalue weighted by Gasteiger charge is 2.34. The summed E-state index contributed by atoms with van der Waals surface area (Å²) in [4.78, 5) is 29.0. The van der Waals surface area contributed by atoms with Gasteiger partial charge in [0.25, 0.3) is 10.0 Å². The summed E-state index contributed by atoms with van der Waals surface area (Å²) >= 11 is 18.7. The van der Waals surface area contributed by atoms with Gasteiger partial charge >= 0.3 is 0 Å². The molecule has 1 atom stereocenters. The molecule has 0 radical (unpaired) electrons. The SMILES string of the molecule is CNC(=O)[C@@H](Cc1ccccc1)N(Cc1ccc(Cl)c(Cl)c1)C(=O)CN(c1cccc(Cl)c1)S(=O)(=O)c1ccc(C)cc1. The van der Waals surface area contributed by atoms with Crippen LogP contribution in [0.1, 0.15) is 16.7 Å². The average molecular weight is 659 g/mol. The highest BCUT2D eigenvalue weighted by Crippen LogP contribution is 2.28. The number of nitrogens with zero attached hydrogens (tertiary/aromatic N) is 2. The molecule has 0 spiro atoms. The van der Waals surface area contributed by atoms with E-state index in [4.69, 9.17) is 34.8 Å². The number of carbonyl (C=O) groups is 2. The molecule has 11 heteroatoms. The third-order valence-corrected chi connectivity index (χ3v) is 9.60. The van der Waals surface area contributed by atoms with Crippen LogP contribution in [0.25, 0.3) is 0 Å². The van der Waals surface area contributed by atoms with E-state index in [2.05, 4.69) is 5.32 Å². The van der Waals surface area contributed by atoms with E-state index in [9.17, 15) is 18.0 Å². The molecule has 0 unspecified atom stereocenters. The van der Waals surface area contributed by atoms with Gasteiger partial charge in [0.2, 0.25) is 11.8 Å². The average Bonchev–Trinajstić information content (AvgIpc) is 2.99. The maximum atomic E-state index is 14.3. The van der Waals surface area contributed by atoms with Crippen molar-refractivity contribution >= 4 is 62.3 Å². The third-order valence-electron chi connectivity index (χ3n) is 6.84. The van der Waals surface area contributed by atoms with Crippen molar-refractivity contribution in [2.24, 2.45) is 0 Å². The van der Waals surface area contributed by atoms with Crippen LogP contribution in [0.5, 0.6) is 0 Å². The smallest absolute Gasteiger partial charge is 0.264 e. The van der Waals surface area contributed by atoms with E-state index in [0.29, 0.717) is 15.6 Å². The zero-order valence-corrected chi connectivity index (χ0v) is 26.6.